The van der Waals surface area contributed by atoms with Crippen molar-refractivity contribution in [2.45, 2.75) is 32.4 Å². The van der Waals surface area contributed by atoms with Crippen molar-refractivity contribution in [3.63, 3.8) is 0 Å². The van der Waals surface area contributed by atoms with Crippen LogP contribution in [0.3, 0.4) is 0 Å². The molecule has 2 N–H and O–H groups in total. The number of ether oxygens (including phenoxy) is 1. The minimum absolute atomic E-state index is 0.0179. The van der Waals surface area contributed by atoms with Crippen LogP contribution < -0.4 is 10.6 Å². The van der Waals surface area contributed by atoms with Crippen LogP contribution in [0.2, 0.25) is 0 Å². The molecule has 0 fully saturated rings. The van der Waals surface area contributed by atoms with Crippen molar-refractivity contribution < 1.29 is 9.53 Å². The lowest BCUT2D eigenvalue weighted by Crippen LogP contribution is -2.36. The first-order valence-corrected chi connectivity index (χ1v) is 7.62. The lowest BCUT2D eigenvalue weighted by atomic mass is 9.94. The summed E-state index contributed by atoms with van der Waals surface area (Å²) in [5.41, 5.74) is 4.63. The van der Waals surface area contributed by atoms with E-state index in [0.717, 1.165) is 38.0 Å². The maximum atomic E-state index is 12.5. The largest absolute Gasteiger partial charge is 0.383 e. The summed E-state index contributed by atoms with van der Waals surface area (Å²) >= 11 is 0. The van der Waals surface area contributed by atoms with Gasteiger partial charge in [0.05, 0.1) is 12.2 Å². The van der Waals surface area contributed by atoms with Crippen molar-refractivity contribution in [3.8, 4) is 0 Å². The molecule has 1 unspecified atom stereocenters. The molecule has 1 atom stereocenters. The highest BCUT2D eigenvalue weighted by Gasteiger charge is 2.26. The normalized spacial score (nSPS) is 18.5. The molecule has 0 spiro atoms. The van der Waals surface area contributed by atoms with Crippen LogP contribution in [0, 0.1) is 0 Å². The van der Waals surface area contributed by atoms with Gasteiger partial charge in [0.15, 0.2) is 0 Å². The number of rotatable bonds is 4. The van der Waals surface area contributed by atoms with E-state index in [2.05, 4.69) is 21.3 Å². The lowest BCUT2D eigenvalue weighted by Gasteiger charge is -2.16. The van der Waals surface area contributed by atoms with E-state index in [9.17, 15) is 4.79 Å². The quantitative estimate of drug-likeness (QED) is 0.875. The number of amides is 1. The molecule has 5 heteroatoms. The Morgan fingerprint density at radius 3 is 3.24 bits per heavy atom. The van der Waals surface area contributed by atoms with Crippen molar-refractivity contribution in [1.29, 1.82) is 0 Å². The van der Waals surface area contributed by atoms with Crippen molar-refractivity contribution in [1.82, 2.24) is 15.2 Å². The third-order valence-corrected chi connectivity index (χ3v) is 4.16. The Labute approximate surface area is 125 Å². The van der Waals surface area contributed by atoms with Gasteiger partial charge in [-0.15, -0.1) is 0 Å². The van der Waals surface area contributed by atoms with E-state index in [4.69, 9.17) is 4.74 Å². The second-order valence-electron chi connectivity index (χ2n) is 5.84. The number of carbonyl (C=O) groups excluding carboxylic acids is 1. The van der Waals surface area contributed by atoms with Gasteiger partial charge in [-0.25, -0.2) is 0 Å². The fourth-order valence-electron chi connectivity index (χ4n) is 3.26. The molecule has 1 aromatic rings. The molecule has 21 heavy (non-hydrogen) atoms. The maximum Gasteiger partial charge on any atom is 0.253 e. The van der Waals surface area contributed by atoms with E-state index in [1.54, 1.807) is 7.11 Å². The number of hydrogen-bond donors (Lipinski definition) is 2. The van der Waals surface area contributed by atoms with Crippen molar-refractivity contribution >= 4 is 11.5 Å². The average Bonchev–Trinajstić information content (AvgIpc) is 2.70. The Balaban J connectivity index is 1.90. The lowest BCUT2D eigenvalue weighted by molar-refractivity contribution is 0.0904. The Bertz CT molecular complexity index is 574. The van der Waals surface area contributed by atoms with Gasteiger partial charge in [-0.05, 0) is 30.9 Å². The summed E-state index contributed by atoms with van der Waals surface area (Å²) in [6.07, 6.45) is 6.28. The van der Waals surface area contributed by atoms with E-state index in [1.165, 1.54) is 16.8 Å². The SMILES string of the molecule is COCC(C)NC(=O)c1cn2c3c1CCC=C3CNCC2. The monoisotopic (exact) mass is 289 g/mol. The number of allylic oxidation sites excluding steroid dienone is 1. The van der Waals surface area contributed by atoms with E-state index in [1.807, 2.05) is 13.1 Å². The zero-order valence-electron chi connectivity index (χ0n) is 12.7. The van der Waals surface area contributed by atoms with Crippen LogP contribution in [0.25, 0.3) is 5.57 Å². The molecular weight excluding hydrogens is 266 g/mol. The van der Waals surface area contributed by atoms with Gasteiger partial charge in [0.25, 0.3) is 5.91 Å². The first-order valence-electron chi connectivity index (χ1n) is 7.62. The third kappa shape index (κ3) is 2.76. The molecule has 0 radical (unpaired) electrons. The minimum Gasteiger partial charge on any atom is -0.383 e. The van der Waals surface area contributed by atoms with E-state index in [0.29, 0.717) is 6.61 Å². The predicted octanol–water partition coefficient (Wildman–Crippen LogP) is 1.19. The molecule has 0 saturated heterocycles. The van der Waals surface area contributed by atoms with Crippen LogP contribution in [-0.4, -0.2) is 43.3 Å². The van der Waals surface area contributed by atoms with E-state index in [-0.39, 0.29) is 11.9 Å². The standard InChI is InChI=1S/C16H23N3O2/c1-11(10-21-2)18-16(20)14-9-19-7-6-17-8-12-4-3-5-13(14)15(12)19/h4,9,11,17H,3,5-8,10H2,1-2H3,(H,18,20). The molecule has 5 nitrogen and oxygen atoms in total. The molecule has 0 saturated carbocycles. The molecule has 1 amide bonds. The summed E-state index contributed by atoms with van der Waals surface area (Å²) in [6, 6.07) is 0.0228. The average molecular weight is 289 g/mol. The van der Waals surface area contributed by atoms with Crippen LogP contribution in [0.5, 0.6) is 0 Å². The highest BCUT2D eigenvalue weighted by molar-refractivity contribution is 5.97. The number of nitrogens with one attached hydrogen (secondary N) is 2. The van der Waals surface area contributed by atoms with Crippen LogP contribution in [-0.2, 0) is 17.7 Å². The van der Waals surface area contributed by atoms with Gasteiger partial charge >= 0.3 is 0 Å². The number of hydrogen-bond acceptors (Lipinski definition) is 3. The van der Waals surface area contributed by atoms with Crippen molar-refractivity contribution in [2.75, 3.05) is 26.8 Å². The van der Waals surface area contributed by atoms with Gasteiger partial charge in [-0.1, -0.05) is 6.08 Å². The first-order chi connectivity index (χ1) is 10.2. The highest BCUT2D eigenvalue weighted by Crippen LogP contribution is 2.31. The molecule has 2 aliphatic rings. The number of aromatic nitrogens is 1. The summed E-state index contributed by atoms with van der Waals surface area (Å²) < 4.78 is 7.32. The molecule has 1 aliphatic carbocycles. The number of methoxy groups -OCH3 is 1. The smallest absolute Gasteiger partial charge is 0.253 e. The summed E-state index contributed by atoms with van der Waals surface area (Å²) in [6.45, 7) is 5.26. The molecule has 3 rings (SSSR count). The Hall–Kier alpha value is -1.59. The third-order valence-electron chi connectivity index (χ3n) is 4.16. The van der Waals surface area contributed by atoms with Crippen LogP contribution in [0.15, 0.2) is 12.3 Å². The molecule has 1 aromatic heterocycles. The molecular formula is C16H23N3O2. The van der Waals surface area contributed by atoms with E-state index < -0.39 is 0 Å². The van der Waals surface area contributed by atoms with Crippen LogP contribution >= 0.6 is 0 Å². The summed E-state index contributed by atoms with van der Waals surface area (Å²) in [4.78, 5) is 12.5. The molecule has 0 bridgehead atoms. The molecule has 1 aliphatic heterocycles. The van der Waals surface area contributed by atoms with E-state index >= 15 is 0 Å². The van der Waals surface area contributed by atoms with Gasteiger partial charge in [-0.3, -0.25) is 4.79 Å². The number of carbonyl (C=O) groups is 1. The summed E-state index contributed by atoms with van der Waals surface area (Å²) in [5, 5.41) is 6.46. The van der Waals surface area contributed by atoms with Crippen molar-refractivity contribution in [3.05, 3.63) is 29.1 Å². The van der Waals surface area contributed by atoms with Gasteiger partial charge in [0.2, 0.25) is 0 Å². The molecule has 2 heterocycles. The van der Waals surface area contributed by atoms with Gasteiger partial charge < -0.3 is 19.9 Å². The Morgan fingerprint density at radius 1 is 1.57 bits per heavy atom. The van der Waals surface area contributed by atoms with Gasteiger partial charge in [0.1, 0.15) is 0 Å². The van der Waals surface area contributed by atoms with Crippen LogP contribution in [0.1, 0.15) is 35.0 Å². The molecule has 114 valence electrons. The predicted molar refractivity (Wildman–Crippen MR) is 82.4 cm³/mol. The second-order valence-corrected chi connectivity index (χ2v) is 5.84. The van der Waals surface area contributed by atoms with Crippen molar-refractivity contribution in [2.24, 2.45) is 0 Å². The minimum atomic E-state index is 0.0179. The fourth-order valence-corrected chi connectivity index (χ4v) is 3.26. The topological polar surface area (TPSA) is 55.3 Å². The molecule has 0 aromatic carbocycles. The Kier molecular flexibility index (Phi) is 4.12. The fraction of sp³-hybridized carbons (Fsp3) is 0.562. The summed E-state index contributed by atoms with van der Waals surface area (Å²) in [7, 11) is 1.65. The first kappa shape index (κ1) is 14.4. The number of nitrogens with zero attached hydrogens (tertiary/aromatic N) is 1. The van der Waals surface area contributed by atoms with Crippen LogP contribution in [0.4, 0.5) is 0 Å². The maximum absolute atomic E-state index is 12.5. The zero-order valence-corrected chi connectivity index (χ0v) is 12.7. The Morgan fingerprint density at radius 2 is 2.43 bits per heavy atom. The van der Waals surface area contributed by atoms with Gasteiger partial charge in [-0.2, -0.15) is 0 Å². The zero-order chi connectivity index (χ0) is 14.8. The highest BCUT2D eigenvalue weighted by atomic mass is 16.5. The second kappa shape index (κ2) is 6.03. The van der Waals surface area contributed by atoms with Gasteiger partial charge in [0, 0.05) is 44.7 Å². The summed E-state index contributed by atoms with van der Waals surface area (Å²) in [5.74, 6) is 0.0179.